The van der Waals surface area contributed by atoms with E-state index in [2.05, 4.69) is 22.5 Å². The molecule has 0 saturated carbocycles. The van der Waals surface area contributed by atoms with Crippen molar-refractivity contribution >= 4 is 34.8 Å². The fourth-order valence-corrected chi connectivity index (χ4v) is 3.17. The summed E-state index contributed by atoms with van der Waals surface area (Å²) in [5, 5.41) is 7.32. The summed E-state index contributed by atoms with van der Waals surface area (Å²) in [5.74, 6) is 0.745. The van der Waals surface area contributed by atoms with Crippen molar-refractivity contribution in [2.75, 3.05) is 38.0 Å². The van der Waals surface area contributed by atoms with Crippen LogP contribution < -0.4 is 10.6 Å². The van der Waals surface area contributed by atoms with Crippen LogP contribution in [0.5, 0.6) is 0 Å². The maximum absolute atomic E-state index is 12.1. The van der Waals surface area contributed by atoms with Gasteiger partial charge in [-0.05, 0) is 63.1 Å². The van der Waals surface area contributed by atoms with Gasteiger partial charge in [0.2, 0.25) is 5.91 Å². The summed E-state index contributed by atoms with van der Waals surface area (Å²) in [5.41, 5.74) is 0.577. The monoisotopic (exact) mass is 357 g/mol. The number of nitrogens with one attached hydrogen (secondary N) is 2. The highest BCUT2D eigenvalue weighted by Crippen LogP contribution is 2.25. The van der Waals surface area contributed by atoms with Gasteiger partial charge in [0.25, 0.3) is 0 Å². The summed E-state index contributed by atoms with van der Waals surface area (Å²) in [7, 11) is 0. The van der Waals surface area contributed by atoms with Gasteiger partial charge >= 0.3 is 0 Å². The number of carbonyl (C=O) groups excluding carboxylic acids is 1. The number of rotatable bonds is 7. The number of anilines is 1. The fraction of sp³-hybridized carbons (Fsp3) is 0.588. The van der Waals surface area contributed by atoms with Crippen molar-refractivity contribution in [3.63, 3.8) is 0 Å². The summed E-state index contributed by atoms with van der Waals surface area (Å²) in [4.78, 5) is 14.4. The molecule has 1 amide bonds. The van der Waals surface area contributed by atoms with Crippen molar-refractivity contribution in [2.45, 2.75) is 26.2 Å². The molecule has 1 saturated heterocycles. The average molecular weight is 358 g/mol. The first-order valence-corrected chi connectivity index (χ1v) is 9.02. The van der Waals surface area contributed by atoms with E-state index in [9.17, 15) is 4.79 Å². The number of likely N-dealkylation sites (tertiary alicyclic amines) is 1. The molecule has 0 spiro atoms. The van der Waals surface area contributed by atoms with Crippen molar-refractivity contribution in [1.29, 1.82) is 0 Å². The molecule has 1 aromatic carbocycles. The van der Waals surface area contributed by atoms with Gasteiger partial charge in [-0.2, -0.15) is 0 Å². The minimum absolute atomic E-state index is 0.0241. The number of halogens is 2. The van der Waals surface area contributed by atoms with Crippen molar-refractivity contribution < 1.29 is 4.79 Å². The quantitative estimate of drug-likeness (QED) is 0.782. The Kier molecular flexibility index (Phi) is 7.63. The summed E-state index contributed by atoms with van der Waals surface area (Å²) >= 11 is 12.0. The van der Waals surface area contributed by atoms with Crippen LogP contribution in [0.3, 0.4) is 0 Å². The summed E-state index contributed by atoms with van der Waals surface area (Å²) in [6.45, 7) is 7.21. The van der Waals surface area contributed by atoms with Crippen LogP contribution in [0.4, 0.5) is 5.69 Å². The maximum atomic E-state index is 12.1. The summed E-state index contributed by atoms with van der Waals surface area (Å²) in [6, 6.07) is 5.07. The van der Waals surface area contributed by atoms with E-state index >= 15 is 0 Å². The molecule has 2 rings (SSSR count). The van der Waals surface area contributed by atoms with Gasteiger partial charge in [-0.1, -0.05) is 30.1 Å². The second-order valence-electron chi connectivity index (χ2n) is 6.02. The normalized spacial score (nSPS) is 16.5. The molecule has 2 N–H and O–H groups in total. The molecule has 1 aromatic rings. The van der Waals surface area contributed by atoms with Gasteiger partial charge in [-0.25, -0.2) is 0 Å². The Balaban J connectivity index is 1.70. The zero-order chi connectivity index (χ0) is 16.7. The Labute approximate surface area is 148 Å². The molecule has 1 aliphatic heterocycles. The van der Waals surface area contributed by atoms with Crippen LogP contribution in [-0.2, 0) is 4.79 Å². The van der Waals surface area contributed by atoms with Gasteiger partial charge in [0.05, 0.1) is 10.7 Å². The molecule has 1 aliphatic rings. The number of piperidine rings is 1. The number of carbonyl (C=O) groups is 1. The lowest BCUT2D eigenvalue weighted by atomic mass is 9.96. The SMILES string of the molecule is CCNCC1CCN(CCC(=O)Nc2cc(Cl)ccc2Cl)CC1. The molecule has 0 radical (unpaired) electrons. The third-order valence-corrected chi connectivity index (χ3v) is 4.81. The third-order valence-electron chi connectivity index (χ3n) is 4.25. The highest BCUT2D eigenvalue weighted by atomic mass is 35.5. The minimum Gasteiger partial charge on any atom is -0.325 e. The standard InChI is InChI=1S/C17H25Cl2N3O/c1-2-20-12-13-5-8-22(9-6-13)10-7-17(23)21-16-11-14(18)3-4-15(16)19/h3-4,11,13,20H,2,5-10,12H2,1H3,(H,21,23). The van der Waals surface area contributed by atoms with E-state index in [4.69, 9.17) is 23.2 Å². The van der Waals surface area contributed by atoms with Crippen molar-refractivity contribution in [2.24, 2.45) is 5.92 Å². The van der Waals surface area contributed by atoms with E-state index in [1.165, 1.54) is 12.8 Å². The smallest absolute Gasteiger partial charge is 0.225 e. The Bertz CT molecular complexity index is 517. The second kappa shape index (κ2) is 9.48. The largest absolute Gasteiger partial charge is 0.325 e. The van der Waals surface area contributed by atoms with Gasteiger partial charge in [0.1, 0.15) is 0 Å². The lowest BCUT2D eigenvalue weighted by Crippen LogP contribution is -2.38. The van der Waals surface area contributed by atoms with E-state index in [0.717, 1.165) is 38.6 Å². The van der Waals surface area contributed by atoms with Crippen LogP contribution in [0.2, 0.25) is 10.0 Å². The lowest BCUT2D eigenvalue weighted by Gasteiger charge is -2.31. The van der Waals surface area contributed by atoms with Gasteiger partial charge in [0.15, 0.2) is 0 Å². The van der Waals surface area contributed by atoms with Gasteiger partial charge in [0, 0.05) is 18.0 Å². The molecular weight excluding hydrogens is 333 g/mol. The Morgan fingerprint density at radius 2 is 2.04 bits per heavy atom. The van der Waals surface area contributed by atoms with Crippen molar-refractivity contribution in [3.8, 4) is 0 Å². The van der Waals surface area contributed by atoms with Crippen LogP contribution in [0.1, 0.15) is 26.2 Å². The molecule has 128 valence electrons. The summed E-state index contributed by atoms with van der Waals surface area (Å²) < 4.78 is 0. The molecule has 4 nitrogen and oxygen atoms in total. The van der Waals surface area contributed by atoms with E-state index in [1.807, 2.05) is 0 Å². The van der Waals surface area contributed by atoms with Crippen molar-refractivity contribution in [3.05, 3.63) is 28.2 Å². The maximum Gasteiger partial charge on any atom is 0.225 e. The number of amides is 1. The Hall–Kier alpha value is -0.810. The zero-order valence-electron chi connectivity index (χ0n) is 13.6. The minimum atomic E-state index is -0.0241. The summed E-state index contributed by atoms with van der Waals surface area (Å²) in [6.07, 6.45) is 2.88. The first kappa shape index (κ1) is 18.5. The fourth-order valence-electron chi connectivity index (χ4n) is 2.83. The van der Waals surface area contributed by atoms with E-state index in [0.29, 0.717) is 22.2 Å². The Morgan fingerprint density at radius 3 is 2.74 bits per heavy atom. The highest BCUT2D eigenvalue weighted by Gasteiger charge is 2.19. The highest BCUT2D eigenvalue weighted by molar-refractivity contribution is 6.35. The van der Waals surface area contributed by atoms with E-state index in [1.54, 1.807) is 18.2 Å². The number of benzene rings is 1. The predicted octanol–water partition coefficient (Wildman–Crippen LogP) is 3.64. The van der Waals surface area contributed by atoms with Crippen LogP contribution in [0, 0.1) is 5.92 Å². The molecule has 0 unspecified atom stereocenters. The van der Waals surface area contributed by atoms with Gasteiger partial charge < -0.3 is 15.5 Å². The molecule has 6 heteroatoms. The topological polar surface area (TPSA) is 44.4 Å². The second-order valence-corrected chi connectivity index (χ2v) is 6.86. The van der Waals surface area contributed by atoms with E-state index in [-0.39, 0.29) is 5.91 Å². The predicted molar refractivity (Wildman–Crippen MR) is 97.4 cm³/mol. The molecule has 1 heterocycles. The number of nitrogens with zero attached hydrogens (tertiary/aromatic N) is 1. The number of hydrogen-bond acceptors (Lipinski definition) is 3. The Morgan fingerprint density at radius 1 is 1.30 bits per heavy atom. The molecule has 23 heavy (non-hydrogen) atoms. The van der Waals surface area contributed by atoms with Gasteiger partial charge in [-0.15, -0.1) is 0 Å². The molecule has 1 fully saturated rings. The van der Waals surface area contributed by atoms with Crippen LogP contribution in [0.15, 0.2) is 18.2 Å². The lowest BCUT2D eigenvalue weighted by molar-refractivity contribution is -0.116. The van der Waals surface area contributed by atoms with Gasteiger partial charge in [-0.3, -0.25) is 4.79 Å². The molecule has 0 aliphatic carbocycles. The van der Waals surface area contributed by atoms with Crippen LogP contribution in [0.25, 0.3) is 0 Å². The molecule has 0 aromatic heterocycles. The number of hydrogen-bond donors (Lipinski definition) is 2. The van der Waals surface area contributed by atoms with Crippen molar-refractivity contribution in [1.82, 2.24) is 10.2 Å². The first-order valence-electron chi connectivity index (χ1n) is 8.26. The van der Waals surface area contributed by atoms with Crippen LogP contribution >= 0.6 is 23.2 Å². The molecule has 0 atom stereocenters. The average Bonchev–Trinajstić information content (AvgIpc) is 2.55. The molecular formula is C17H25Cl2N3O. The molecule has 0 bridgehead atoms. The van der Waals surface area contributed by atoms with Crippen LogP contribution in [-0.4, -0.2) is 43.5 Å². The first-order chi connectivity index (χ1) is 11.1. The van der Waals surface area contributed by atoms with E-state index < -0.39 is 0 Å². The third kappa shape index (κ3) is 6.30. The zero-order valence-corrected chi connectivity index (χ0v) is 15.1.